The molecule has 3 aliphatic rings. The smallest absolute Gasteiger partial charge is 0.227 e. The van der Waals surface area contributed by atoms with E-state index in [1.54, 1.807) is 0 Å². The maximum Gasteiger partial charge on any atom is 0.227 e. The molecule has 0 radical (unpaired) electrons. The molecule has 2 aliphatic carbocycles. The van der Waals surface area contributed by atoms with Crippen LogP contribution >= 0.6 is 0 Å². The van der Waals surface area contributed by atoms with Gasteiger partial charge in [0.2, 0.25) is 5.91 Å². The summed E-state index contributed by atoms with van der Waals surface area (Å²) >= 11 is 0. The molecule has 2 saturated carbocycles. The Balaban J connectivity index is 1.44. The zero-order valence-corrected chi connectivity index (χ0v) is 20.6. The summed E-state index contributed by atoms with van der Waals surface area (Å²) in [6.07, 6.45) is 13.6. The number of nitrogens with two attached hydrogens (primary N) is 1. The van der Waals surface area contributed by atoms with Gasteiger partial charge in [-0.05, 0) is 66.8 Å². The van der Waals surface area contributed by atoms with Gasteiger partial charge in [-0.15, -0.1) is 0 Å². The molecular weight excluding hydrogens is 418 g/mol. The maximum atomic E-state index is 13.7. The molecule has 2 aromatic carbocycles. The van der Waals surface area contributed by atoms with E-state index in [1.165, 1.54) is 75.3 Å². The van der Waals surface area contributed by atoms with Gasteiger partial charge in [0.15, 0.2) is 0 Å². The lowest BCUT2D eigenvalue weighted by Crippen LogP contribution is -2.40. The third-order valence-corrected chi connectivity index (χ3v) is 8.50. The van der Waals surface area contributed by atoms with Crippen LogP contribution in [0.25, 0.3) is 0 Å². The fourth-order valence-corrected chi connectivity index (χ4v) is 6.52. The Morgan fingerprint density at radius 2 is 1.44 bits per heavy atom. The summed E-state index contributed by atoms with van der Waals surface area (Å²) in [4.78, 5) is 15.7. The molecule has 0 saturated heterocycles. The highest BCUT2D eigenvalue weighted by Gasteiger charge is 2.33. The molecule has 1 aliphatic heterocycles. The molecule has 182 valence electrons. The number of fused-ring (bicyclic) bond motifs is 2. The van der Waals surface area contributed by atoms with Crippen LogP contribution in [0.15, 0.2) is 48.5 Å². The molecular formula is C30H41N3O. The molecule has 2 unspecified atom stereocenters. The van der Waals surface area contributed by atoms with Gasteiger partial charge >= 0.3 is 0 Å². The monoisotopic (exact) mass is 459 g/mol. The van der Waals surface area contributed by atoms with Gasteiger partial charge in [0.25, 0.3) is 0 Å². The van der Waals surface area contributed by atoms with E-state index in [0.29, 0.717) is 18.9 Å². The zero-order valence-electron chi connectivity index (χ0n) is 20.6. The summed E-state index contributed by atoms with van der Waals surface area (Å²) in [6.45, 7) is 1.63. The van der Waals surface area contributed by atoms with Gasteiger partial charge in [0, 0.05) is 12.1 Å². The van der Waals surface area contributed by atoms with E-state index in [4.69, 9.17) is 5.73 Å². The Kier molecular flexibility index (Phi) is 7.66. The summed E-state index contributed by atoms with van der Waals surface area (Å²) in [5.41, 5.74) is 11.6. The maximum absolute atomic E-state index is 13.7. The number of nitrogens with zero attached hydrogens (tertiary/aromatic N) is 1. The number of carbonyl (C=O) groups is 1. The molecule has 1 amide bonds. The van der Waals surface area contributed by atoms with Crippen molar-refractivity contribution in [3.05, 3.63) is 65.2 Å². The number of benzene rings is 2. The van der Waals surface area contributed by atoms with E-state index in [-0.39, 0.29) is 18.0 Å². The molecule has 2 atom stereocenters. The highest BCUT2D eigenvalue weighted by Crippen LogP contribution is 2.39. The first kappa shape index (κ1) is 23.6. The van der Waals surface area contributed by atoms with Gasteiger partial charge in [-0.25, -0.2) is 0 Å². The summed E-state index contributed by atoms with van der Waals surface area (Å²) in [7, 11) is 0. The van der Waals surface area contributed by atoms with Crippen molar-refractivity contribution in [3.8, 4) is 0 Å². The normalized spacial score (nSPS) is 24.1. The minimum Gasteiger partial charge on any atom is -0.322 e. The zero-order chi connectivity index (χ0) is 23.3. The van der Waals surface area contributed by atoms with Gasteiger partial charge in [0.05, 0.1) is 18.6 Å². The van der Waals surface area contributed by atoms with Crippen molar-refractivity contribution >= 4 is 11.6 Å². The number of hydrogen-bond donors (Lipinski definition) is 2. The second-order valence-corrected chi connectivity index (χ2v) is 10.9. The first-order valence-electron chi connectivity index (χ1n) is 13.7. The molecule has 0 spiro atoms. The van der Waals surface area contributed by atoms with Crippen LogP contribution in [0.3, 0.4) is 0 Å². The minimum atomic E-state index is -0.203. The van der Waals surface area contributed by atoms with Gasteiger partial charge in [-0.3, -0.25) is 4.79 Å². The van der Waals surface area contributed by atoms with E-state index >= 15 is 0 Å². The van der Waals surface area contributed by atoms with Gasteiger partial charge in [-0.1, -0.05) is 81.0 Å². The van der Waals surface area contributed by atoms with E-state index in [9.17, 15) is 4.79 Å². The Morgan fingerprint density at radius 3 is 2.18 bits per heavy atom. The Morgan fingerprint density at radius 1 is 0.824 bits per heavy atom. The van der Waals surface area contributed by atoms with Crippen LogP contribution in [0.1, 0.15) is 99.4 Å². The Hall–Kier alpha value is -2.17. The minimum absolute atomic E-state index is 0.0508. The van der Waals surface area contributed by atoms with Crippen molar-refractivity contribution in [1.29, 1.82) is 0 Å². The van der Waals surface area contributed by atoms with E-state index in [0.717, 1.165) is 23.7 Å². The van der Waals surface area contributed by atoms with Crippen molar-refractivity contribution in [2.24, 2.45) is 17.6 Å². The molecule has 0 aromatic heterocycles. The Bertz CT molecular complexity index is 961. The standard InChI is InChI=1S/C30H41N3O/c31-29-26-17-9-10-18-27(26)33(28(34)19-22-11-3-1-4-12-22)21-24-15-7-8-16-25(24)30(29)32-20-23-13-5-2-6-14-23/h7-10,15-18,22-23,29-30,32H,1-6,11-14,19-21,31H2. The second-order valence-electron chi connectivity index (χ2n) is 10.9. The van der Waals surface area contributed by atoms with Crippen molar-refractivity contribution in [1.82, 2.24) is 5.32 Å². The first-order chi connectivity index (χ1) is 16.7. The Labute approximate surface area is 205 Å². The average molecular weight is 460 g/mol. The van der Waals surface area contributed by atoms with Crippen LogP contribution in [0.5, 0.6) is 0 Å². The van der Waals surface area contributed by atoms with Crippen molar-refractivity contribution < 1.29 is 4.79 Å². The quantitative estimate of drug-likeness (QED) is 0.543. The van der Waals surface area contributed by atoms with Crippen molar-refractivity contribution in [2.75, 3.05) is 11.4 Å². The molecule has 0 bridgehead atoms. The fraction of sp³-hybridized carbons (Fsp3) is 0.567. The topological polar surface area (TPSA) is 58.4 Å². The largest absolute Gasteiger partial charge is 0.322 e. The van der Waals surface area contributed by atoms with E-state index < -0.39 is 0 Å². The second kappa shape index (κ2) is 11.0. The molecule has 5 rings (SSSR count). The number of nitrogens with one attached hydrogen (secondary N) is 1. The number of amides is 1. The number of para-hydroxylation sites is 1. The van der Waals surface area contributed by atoms with Crippen LogP contribution in [-0.2, 0) is 11.3 Å². The predicted molar refractivity (Wildman–Crippen MR) is 140 cm³/mol. The van der Waals surface area contributed by atoms with E-state index in [2.05, 4.69) is 47.8 Å². The summed E-state index contributed by atoms with van der Waals surface area (Å²) in [6, 6.07) is 16.8. The lowest BCUT2D eigenvalue weighted by atomic mass is 9.84. The summed E-state index contributed by atoms with van der Waals surface area (Å²) < 4.78 is 0. The number of anilines is 1. The lowest BCUT2D eigenvalue weighted by Gasteiger charge is -2.37. The van der Waals surface area contributed by atoms with Crippen molar-refractivity contribution in [2.45, 2.75) is 89.3 Å². The molecule has 2 aromatic rings. The van der Waals surface area contributed by atoms with Gasteiger partial charge < -0.3 is 16.0 Å². The molecule has 3 N–H and O–H groups in total. The highest BCUT2D eigenvalue weighted by molar-refractivity contribution is 5.94. The third-order valence-electron chi connectivity index (χ3n) is 8.50. The van der Waals surface area contributed by atoms with Crippen LogP contribution in [0.4, 0.5) is 5.69 Å². The molecule has 2 fully saturated rings. The third kappa shape index (κ3) is 5.23. The highest BCUT2D eigenvalue weighted by atomic mass is 16.2. The fourth-order valence-electron chi connectivity index (χ4n) is 6.52. The number of carbonyl (C=O) groups excluding carboxylic acids is 1. The van der Waals surface area contributed by atoms with Crippen LogP contribution in [-0.4, -0.2) is 12.5 Å². The first-order valence-corrected chi connectivity index (χ1v) is 13.7. The summed E-state index contributed by atoms with van der Waals surface area (Å²) in [5, 5.41) is 3.89. The van der Waals surface area contributed by atoms with Gasteiger partial charge in [-0.2, -0.15) is 0 Å². The molecule has 4 nitrogen and oxygen atoms in total. The van der Waals surface area contributed by atoms with Crippen LogP contribution in [0, 0.1) is 11.8 Å². The van der Waals surface area contributed by atoms with Gasteiger partial charge in [0.1, 0.15) is 0 Å². The molecule has 34 heavy (non-hydrogen) atoms. The lowest BCUT2D eigenvalue weighted by molar-refractivity contribution is -0.119. The van der Waals surface area contributed by atoms with Crippen LogP contribution < -0.4 is 16.0 Å². The molecule has 1 heterocycles. The summed E-state index contributed by atoms with van der Waals surface area (Å²) in [5.74, 6) is 1.50. The average Bonchev–Trinajstić information content (AvgIpc) is 2.88. The SMILES string of the molecule is NC1c2ccccc2N(C(=O)CC2CCCCC2)Cc2ccccc2C1NCC1CCCCC1. The number of rotatable bonds is 5. The predicted octanol–water partition coefficient (Wildman–Crippen LogP) is 6.41. The van der Waals surface area contributed by atoms with Crippen molar-refractivity contribution in [3.63, 3.8) is 0 Å². The molecule has 4 heteroatoms. The number of hydrogen-bond acceptors (Lipinski definition) is 3. The van der Waals surface area contributed by atoms with E-state index in [1.807, 2.05) is 11.0 Å². The van der Waals surface area contributed by atoms with Crippen LogP contribution in [0.2, 0.25) is 0 Å².